The Morgan fingerprint density at radius 3 is 2.43 bits per heavy atom. The maximum atomic E-state index is 12.6. The molecule has 1 unspecified atom stereocenters. The van der Waals surface area contributed by atoms with Crippen molar-refractivity contribution in [1.29, 1.82) is 0 Å². The van der Waals surface area contributed by atoms with Crippen molar-refractivity contribution in [3.05, 3.63) is 18.5 Å². The fraction of sp³-hybridized carbons (Fsp3) is 0.647. The predicted octanol–water partition coefficient (Wildman–Crippen LogP) is 1.30. The van der Waals surface area contributed by atoms with Crippen molar-refractivity contribution < 1.29 is 22.8 Å². The SMILES string of the molecule is O=C(NCC(F)(F)F)C1CCCN1C(=O)NC1CCN(c2ncccn2)CC1. The fourth-order valence-electron chi connectivity index (χ4n) is 3.52. The second-order valence-electron chi connectivity index (χ2n) is 6.94. The second kappa shape index (κ2) is 8.61. The van der Waals surface area contributed by atoms with Gasteiger partial charge in [-0.05, 0) is 31.7 Å². The molecule has 0 saturated carbocycles. The summed E-state index contributed by atoms with van der Waals surface area (Å²) in [7, 11) is 0. The van der Waals surface area contributed by atoms with Crippen molar-refractivity contribution in [2.45, 2.75) is 43.9 Å². The molecule has 0 spiro atoms. The third kappa shape index (κ3) is 5.23. The lowest BCUT2D eigenvalue weighted by atomic mass is 10.1. The molecular weight excluding hydrogens is 377 g/mol. The first-order valence-electron chi connectivity index (χ1n) is 9.27. The van der Waals surface area contributed by atoms with Gasteiger partial charge in [-0.25, -0.2) is 14.8 Å². The van der Waals surface area contributed by atoms with Crippen LogP contribution in [-0.4, -0.2) is 71.2 Å². The number of hydrogen-bond acceptors (Lipinski definition) is 5. The number of anilines is 1. The lowest BCUT2D eigenvalue weighted by molar-refractivity contribution is -0.140. The van der Waals surface area contributed by atoms with Crippen molar-refractivity contribution >= 4 is 17.9 Å². The molecule has 28 heavy (non-hydrogen) atoms. The van der Waals surface area contributed by atoms with Crippen LogP contribution < -0.4 is 15.5 Å². The third-order valence-corrected chi connectivity index (χ3v) is 4.94. The molecule has 0 aromatic carbocycles. The van der Waals surface area contributed by atoms with Gasteiger partial charge in [0, 0.05) is 38.1 Å². The Bertz CT molecular complexity index is 679. The maximum Gasteiger partial charge on any atom is 0.405 e. The quantitative estimate of drug-likeness (QED) is 0.795. The van der Waals surface area contributed by atoms with E-state index in [4.69, 9.17) is 0 Å². The smallest absolute Gasteiger partial charge is 0.345 e. The number of carbonyl (C=O) groups excluding carboxylic acids is 2. The first kappa shape index (κ1) is 20.2. The molecule has 8 nitrogen and oxygen atoms in total. The van der Waals surface area contributed by atoms with Gasteiger partial charge >= 0.3 is 12.2 Å². The van der Waals surface area contributed by atoms with Gasteiger partial charge in [0.25, 0.3) is 0 Å². The first-order chi connectivity index (χ1) is 13.3. The Labute approximate surface area is 160 Å². The number of piperidine rings is 1. The third-order valence-electron chi connectivity index (χ3n) is 4.94. The van der Waals surface area contributed by atoms with Crippen LogP contribution in [0.15, 0.2) is 18.5 Å². The molecule has 3 rings (SSSR count). The molecule has 1 atom stereocenters. The Morgan fingerprint density at radius 1 is 1.11 bits per heavy atom. The molecule has 1 aromatic rings. The average Bonchev–Trinajstić information content (AvgIpc) is 3.17. The van der Waals surface area contributed by atoms with E-state index in [-0.39, 0.29) is 6.04 Å². The first-order valence-corrected chi connectivity index (χ1v) is 9.27. The van der Waals surface area contributed by atoms with Crippen molar-refractivity contribution in [3.8, 4) is 0 Å². The number of alkyl halides is 3. The summed E-state index contributed by atoms with van der Waals surface area (Å²) in [6.45, 7) is 0.333. The standard InChI is InChI=1S/C17H23F3N6O2/c18-17(19,20)11-23-14(27)13-3-1-8-26(13)16(28)24-12-4-9-25(10-5-12)15-21-6-2-7-22-15/h2,6-7,12-13H,1,3-5,8-11H2,(H,23,27)(H,24,28). The Balaban J connectivity index is 1.48. The van der Waals surface area contributed by atoms with Crippen LogP contribution in [0.5, 0.6) is 0 Å². The summed E-state index contributed by atoms with van der Waals surface area (Å²) in [5, 5.41) is 4.78. The van der Waals surface area contributed by atoms with Crippen LogP contribution in [0.25, 0.3) is 0 Å². The molecule has 2 saturated heterocycles. The molecule has 2 fully saturated rings. The lowest BCUT2D eigenvalue weighted by Crippen LogP contribution is -2.54. The largest absolute Gasteiger partial charge is 0.405 e. The minimum Gasteiger partial charge on any atom is -0.345 e. The molecular formula is C17H23F3N6O2. The van der Waals surface area contributed by atoms with Crippen molar-refractivity contribution in [2.75, 3.05) is 31.1 Å². The Kier molecular flexibility index (Phi) is 6.20. The molecule has 2 aliphatic heterocycles. The molecule has 2 aliphatic rings. The van der Waals surface area contributed by atoms with Gasteiger partial charge in [0.2, 0.25) is 11.9 Å². The zero-order valence-corrected chi connectivity index (χ0v) is 15.3. The van der Waals surface area contributed by atoms with Gasteiger partial charge in [0.15, 0.2) is 0 Å². The van der Waals surface area contributed by atoms with Gasteiger partial charge in [-0.1, -0.05) is 0 Å². The van der Waals surface area contributed by atoms with Gasteiger partial charge < -0.3 is 20.4 Å². The lowest BCUT2D eigenvalue weighted by Gasteiger charge is -2.34. The Hall–Kier alpha value is -2.59. The monoisotopic (exact) mass is 400 g/mol. The van der Waals surface area contributed by atoms with Crippen LogP contribution >= 0.6 is 0 Å². The minimum absolute atomic E-state index is 0.0630. The number of amides is 3. The molecule has 11 heteroatoms. The van der Waals surface area contributed by atoms with Crippen LogP contribution in [0.1, 0.15) is 25.7 Å². The second-order valence-corrected chi connectivity index (χ2v) is 6.94. The van der Waals surface area contributed by atoms with E-state index in [1.165, 1.54) is 4.90 Å². The summed E-state index contributed by atoms with van der Waals surface area (Å²) < 4.78 is 36.9. The highest BCUT2D eigenvalue weighted by atomic mass is 19.4. The van der Waals surface area contributed by atoms with Crippen molar-refractivity contribution in [3.63, 3.8) is 0 Å². The average molecular weight is 400 g/mol. The van der Waals surface area contributed by atoms with Crippen molar-refractivity contribution in [1.82, 2.24) is 25.5 Å². The van der Waals surface area contributed by atoms with E-state index in [9.17, 15) is 22.8 Å². The number of rotatable bonds is 4. The van der Waals surface area contributed by atoms with Gasteiger partial charge in [-0.2, -0.15) is 13.2 Å². The van der Waals surface area contributed by atoms with Gasteiger partial charge in [0.1, 0.15) is 12.6 Å². The summed E-state index contributed by atoms with van der Waals surface area (Å²) in [5.41, 5.74) is 0. The van der Waals surface area contributed by atoms with Gasteiger partial charge in [0.05, 0.1) is 0 Å². The van der Waals surface area contributed by atoms with E-state index in [1.807, 2.05) is 10.2 Å². The van der Waals surface area contributed by atoms with Gasteiger partial charge in [-0.3, -0.25) is 4.79 Å². The summed E-state index contributed by atoms with van der Waals surface area (Å²) >= 11 is 0. The van der Waals surface area contributed by atoms with Crippen LogP contribution in [-0.2, 0) is 4.79 Å². The molecule has 3 amide bonds. The Morgan fingerprint density at radius 2 is 1.79 bits per heavy atom. The van der Waals surface area contributed by atoms with E-state index in [0.717, 1.165) is 0 Å². The van der Waals surface area contributed by atoms with Crippen LogP contribution in [0.4, 0.5) is 23.9 Å². The summed E-state index contributed by atoms with van der Waals surface area (Å²) in [6.07, 6.45) is 1.21. The highest BCUT2D eigenvalue weighted by Crippen LogP contribution is 2.20. The zero-order chi connectivity index (χ0) is 20.1. The number of urea groups is 1. The number of likely N-dealkylation sites (tertiary alicyclic amines) is 1. The summed E-state index contributed by atoms with van der Waals surface area (Å²) in [4.78, 5) is 36.4. The highest BCUT2D eigenvalue weighted by molar-refractivity contribution is 5.87. The minimum atomic E-state index is -4.47. The molecule has 1 aromatic heterocycles. The van der Waals surface area contributed by atoms with E-state index in [1.54, 1.807) is 18.5 Å². The van der Waals surface area contributed by atoms with E-state index in [2.05, 4.69) is 15.3 Å². The number of hydrogen-bond donors (Lipinski definition) is 2. The molecule has 0 aliphatic carbocycles. The summed E-state index contributed by atoms with van der Waals surface area (Å²) in [6, 6.07) is 0.416. The van der Waals surface area contributed by atoms with Gasteiger partial charge in [-0.15, -0.1) is 0 Å². The number of nitrogens with one attached hydrogen (secondary N) is 2. The fourth-order valence-corrected chi connectivity index (χ4v) is 3.52. The highest BCUT2D eigenvalue weighted by Gasteiger charge is 2.37. The van der Waals surface area contributed by atoms with Crippen molar-refractivity contribution in [2.24, 2.45) is 0 Å². The number of carbonyl (C=O) groups is 2. The summed E-state index contributed by atoms with van der Waals surface area (Å²) in [5.74, 6) is -0.116. The molecule has 2 N–H and O–H groups in total. The van der Waals surface area contributed by atoms with E-state index >= 15 is 0 Å². The number of aromatic nitrogens is 2. The molecule has 0 bridgehead atoms. The predicted molar refractivity (Wildman–Crippen MR) is 94.6 cm³/mol. The van der Waals surface area contributed by atoms with E-state index in [0.29, 0.717) is 51.3 Å². The normalized spacial score (nSPS) is 20.9. The maximum absolute atomic E-state index is 12.6. The van der Waals surface area contributed by atoms with E-state index < -0.39 is 30.7 Å². The molecule has 0 radical (unpaired) electrons. The zero-order valence-electron chi connectivity index (χ0n) is 15.3. The van der Waals surface area contributed by atoms with Crippen LogP contribution in [0, 0.1) is 0 Å². The number of halogens is 3. The molecule has 154 valence electrons. The van der Waals surface area contributed by atoms with Crippen LogP contribution in [0.3, 0.4) is 0 Å². The molecule has 3 heterocycles. The number of nitrogens with zero attached hydrogens (tertiary/aromatic N) is 4. The topological polar surface area (TPSA) is 90.5 Å². The van der Waals surface area contributed by atoms with Crippen LogP contribution in [0.2, 0.25) is 0 Å².